The van der Waals surface area contributed by atoms with E-state index >= 15 is 0 Å². The van der Waals surface area contributed by atoms with Gasteiger partial charge in [0.1, 0.15) is 17.4 Å². The number of amides is 1. The van der Waals surface area contributed by atoms with E-state index in [1.54, 1.807) is 24.3 Å². The van der Waals surface area contributed by atoms with E-state index in [-0.39, 0.29) is 11.8 Å². The minimum atomic E-state index is -0.487. The lowest BCUT2D eigenvalue weighted by Crippen LogP contribution is -2.13. The number of pyridine rings is 1. The Kier molecular flexibility index (Phi) is 5.66. The van der Waals surface area contributed by atoms with Crippen molar-refractivity contribution in [3.8, 4) is 5.75 Å². The van der Waals surface area contributed by atoms with Gasteiger partial charge in [-0.15, -0.1) is 0 Å². The molecule has 27 heavy (non-hydrogen) atoms. The molecule has 6 heteroatoms. The number of hydrogen-bond donors (Lipinski definition) is 2. The van der Waals surface area contributed by atoms with Crippen LogP contribution in [0.25, 0.3) is 0 Å². The number of benzene rings is 2. The van der Waals surface area contributed by atoms with Gasteiger partial charge in [-0.05, 0) is 50.2 Å². The Morgan fingerprint density at radius 3 is 2.37 bits per heavy atom. The molecule has 1 amide bonds. The second kappa shape index (κ2) is 8.31. The van der Waals surface area contributed by atoms with E-state index in [0.29, 0.717) is 11.4 Å². The van der Waals surface area contributed by atoms with Crippen molar-refractivity contribution in [2.75, 3.05) is 10.6 Å². The number of para-hydroxylation sites is 3. The molecular weight excluding hydrogens is 345 g/mol. The Morgan fingerprint density at radius 1 is 1.00 bits per heavy atom. The minimum Gasteiger partial charge on any atom is -0.489 e. The van der Waals surface area contributed by atoms with Crippen molar-refractivity contribution >= 4 is 23.1 Å². The third-order valence-electron chi connectivity index (χ3n) is 3.66. The Labute approximate surface area is 157 Å². The van der Waals surface area contributed by atoms with Crippen LogP contribution in [0.15, 0.2) is 66.9 Å². The van der Waals surface area contributed by atoms with E-state index in [1.807, 2.05) is 38.1 Å². The summed E-state index contributed by atoms with van der Waals surface area (Å²) in [5.41, 5.74) is 1.24. The van der Waals surface area contributed by atoms with Crippen LogP contribution in [0, 0.1) is 5.82 Å². The molecule has 0 aliphatic heterocycles. The summed E-state index contributed by atoms with van der Waals surface area (Å²) < 4.78 is 19.4. The van der Waals surface area contributed by atoms with Gasteiger partial charge in [-0.1, -0.05) is 24.3 Å². The van der Waals surface area contributed by atoms with Crippen molar-refractivity contribution in [2.45, 2.75) is 20.0 Å². The van der Waals surface area contributed by atoms with Gasteiger partial charge in [0, 0.05) is 6.20 Å². The topological polar surface area (TPSA) is 63.2 Å². The summed E-state index contributed by atoms with van der Waals surface area (Å²) in [5.74, 6) is 0.370. The van der Waals surface area contributed by atoms with Gasteiger partial charge in [0.15, 0.2) is 0 Å². The number of rotatable bonds is 6. The Bertz CT molecular complexity index is 927. The first kappa shape index (κ1) is 18.4. The van der Waals surface area contributed by atoms with E-state index in [0.717, 1.165) is 11.4 Å². The summed E-state index contributed by atoms with van der Waals surface area (Å²) in [5, 5.41) is 5.71. The van der Waals surface area contributed by atoms with E-state index in [4.69, 9.17) is 4.74 Å². The number of carbonyl (C=O) groups is 1. The zero-order chi connectivity index (χ0) is 19.2. The molecular formula is C21H20FN3O2. The average Bonchev–Trinajstić information content (AvgIpc) is 2.65. The first-order valence-corrected chi connectivity index (χ1v) is 8.57. The quantitative estimate of drug-likeness (QED) is 0.645. The number of nitrogens with zero attached hydrogens (tertiary/aromatic N) is 1. The molecule has 0 unspecified atom stereocenters. The van der Waals surface area contributed by atoms with Crippen molar-refractivity contribution < 1.29 is 13.9 Å². The fraction of sp³-hybridized carbons (Fsp3) is 0.143. The molecule has 5 nitrogen and oxygen atoms in total. The van der Waals surface area contributed by atoms with Crippen molar-refractivity contribution in [1.29, 1.82) is 0 Å². The highest BCUT2D eigenvalue weighted by atomic mass is 19.1. The summed E-state index contributed by atoms with van der Waals surface area (Å²) in [6.07, 6.45) is 1.48. The first-order chi connectivity index (χ1) is 13.0. The van der Waals surface area contributed by atoms with Crippen LogP contribution in [0.3, 0.4) is 0 Å². The normalized spacial score (nSPS) is 10.5. The van der Waals surface area contributed by atoms with Crippen LogP contribution < -0.4 is 15.4 Å². The lowest BCUT2D eigenvalue weighted by molar-refractivity contribution is 0.102. The van der Waals surface area contributed by atoms with Gasteiger partial charge in [-0.25, -0.2) is 9.37 Å². The molecule has 0 saturated heterocycles. The molecule has 0 saturated carbocycles. The zero-order valence-electron chi connectivity index (χ0n) is 15.1. The Hall–Kier alpha value is -3.41. The molecule has 0 atom stereocenters. The molecule has 0 fully saturated rings. The number of anilines is 3. The maximum absolute atomic E-state index is 13.6. The van der Waals surface area contributed by atoms with Crippen molar-refractivity contribution in [3.63, 3.8) is 0 Å². The smallest absolute Gasteiger partial charge is 0.257 e. The molecule has 138 valence electrons. The summed E-state index contributed by atoms with van der Waals surface area (Å²) in [7, 11) is 0. The van der Waals surface area contributed by atoms with Crippen LogP contribution >= 0.6 is 0 Å². The van der Waals surface area contributed by atoms with Gasteiger partial charge in [0.2, 0.25) is 0 Å². The maximum atomic E-state index is 13.6. The lowest BCUT2D eigenvalue weighted by atomic mass is 10.2. The molecule has 2 aromatic carbocycles. The highest BCUT2D eigenvalue weighted by Gasteiger charge is 2.10. The first-order valence-electron chi connectivity index (χ1n) is 8.57. The molecule has 3 rings (SSSR count). The molecule has 1 aromatic heterocycles. The van der Waals surface area contributed by atoms with E-state index in [2.05, 4.69) is 15.6 Å². The average molecular weight is 365 g/mol. The van der Waals surface area contributed by atoms with Crippen LogP contribution in [0.5, 0.6) is 5.75 Å². The van der Waals surface area contributed by atoms with Gasteiger partial charge in [-0.3, -0.25) is 4.79 Å². The summed E-state index contributed by atoms with van der Waals surface area (Å²) >= 11 is 0. The molecule has 0 aliphatic rings. The fourth-order valence-corrected chi connectivity index (χ4v) is 2.42. The molecule has 3 aromatic rings. The Balaban J connectivity index is 1.71. The SMILES string of the molecule is CC(C)Oc1ccccc1Nc1ccc(C(=O)Nc2ccccc2F)cn1. The minimum absolute atomic E-state index is 0.0466. The van der Waals surface area contributed by atoms with Gasteiger partial charge < -0.3 is 15.4 Å². The fourth-order valence-electron chi connectivity index (χ4n) is 2.42. The van der Waals surface area contributed by atoms with Gasteiger partial charge >= 0.3 is 0 Å². The summed E-state index contributed by atoms with van der Waals surface area (Å²) in [6.45, 7) is 3.91. The molecule has 2 N–H and O–H groups in total. The lowest BCUT2D eigenvalue weighted by Gasteiger charge is -2.15. The third kappa shape index (κ3) is 4.82. The van der Waals surface area contributed by atoms with Gasteiger partial charge in [0.05, 0.1) is 23.0 Å². The largest absolute Gasteiger partial charge is 0.489 e. The maximum Gasteiger partial charge on any atom is 0.257 e. The second-order valence-corrected chi connectivity index (χ2v) is 6.15. The zero-order valence-corrected chi connectivity index (χ0v) is 15.1. The van der Waals surface area contributed by atoms with E-state index in [9.17, 15) is 9.18 Å². The molecule has 0 spiro atoms. The van der Waals surface area contributed by atoms with Crippen LogP contribution in [0.2, 0.25) is 0 Å². The second-order valence-electron chi connectivity index (χ2n) is 6.15. The third-order valence-corrected chi connectivity index (χ3v) is 3.66. The van der Waals surface area contributed by atoms with Crippen LogP contribution in [0.1, 0.15) is 24.2 Å². The predicted octanol–water partition coefficient (Wildman–Crippen LogP) is 5.00. The van der Waals surface area contributed by atoms with Crippen molar-refractivity contribution in [3.05, 3.63) is 78.2 Å². The number of aromatic nitrogens is 1. The van der Waals surface area contributed by atoms with Gasteiger partial charge in [-0.2, -0.15) is 0 Å². The highest BCUT2D eigenvalue weighted by Crippen LogP contribution is 2.27. The van der Waals surface area contributed by atoms with E-state index in [1.165, 1.54) is 18.3 Å². The van der Waals surface area contributed by atoms with Crippen LogP contribution in [-0.4, -0.2) is 17.0 Å². The van der Waals surface area contributed by atoms with Gasteiger partial charge in [0.25, 0.3) is 5.91 Å². The van der Waals surface area contributed by atoms with Crippen LogP contribution in [-0.2, 0) is 0 Å². The number of carbonyl (C=O) groups excluding carboxylic acids is 1. The summed E-state index contributed by atoms with van der Waals surface area (Å²) in [4.78, 5) is 16.5. The predicted molar refractivity (Wildman–Crippen MR) is 104 cm³/mol. The van der Waals surface area contributed by atoms with Crippen molar-refractivity contribution in [2.24, 2.45) is 0 Å². The van der Waals surface area contributed by atoms with Crippen molar-refractivity contribution in [1.82, 2.24) is 4.98 Å². The Morgan fingerprint density at radius 2 is 1.70 bits per heavy atom. The van der Waals surface area contributed by atoms with E-state index < -0.39 is 11.7 Å². The number of nitrogens with one attached hydrogen (secondary N) is 2. The number of halogens is 1. The molecule has 0 radical (unpaired) electrons. The molecule has 1 heterocycles. The number of ether oxygens (including phenoxy) is 1. The monoisotopic (exact) mass is 365 g/mol. The number of hydrogen-bond acceptors (Lipinski definition) is 4. The highest BCUT2D eigenvalue weighted by molar-refractivity contribution is 6.04. The standard InChI is InChI=1S/C21H20FN3O2/c1-14(2)27-19-10-6-5-9-18(19)24-20-12-11-15(13-23-20)21(26)25-17-8-4-3-7-16(17)22/h3-14H,1-2H3,(H,23,24)(H,25,26). The van der Waals surface area contributed by atoms with Crippen LogP contribution in [0.4, 0.5) is 21.6 Å². The molecule has 0 aliphatic carbocycles. The molecule has 0 bridgehead atoms. The summed E-state index contributed by atoms with van der Waals surface area (Å²) in [6, 6.07) is 16.9.